The minimum atomic E-state index is -1.48. The smallest absolute Gasteiger partial charge is 0.271 e. The van der Waals surface area contributed by atoms with Gasteiger partial charge in [-0.25, -0.2) is 23.2 Å². The number of nitrogens with zero attached hydrogens (tertiary/aromatic N) is 2. The van der Waals surface area contributed by atoms with Gasteiger partial charge in [-0.2, -0.15) is 0 Å². The van der Waals surface area contributed by atoms with Crippen LogP contribution in [0.5, 0.6) is 0 Å². The number of hydrogen-bond acceptors (Lipinski definition) is 5. The maximum absolute atomic E-state index is 13.0. The Morgan fingerprint density at radius 1 is 1.14 bits per heavy atom. The van der Waals surface area contributed by atoms with Crippen LogP contribution in [0.1, 0.15) is 19.4 Å². The number of aliphatic imine (C=N–C) groups is 2. The molecule has 0 fully saturated rings. The third-order valence-electron chi connectivity index (χ3n) is 3.02. The SMILES string of the molecule is C=C(/N=C(/C)C(=C)NCc1cc(F)c(F)c(F)c1)OC.C=NC(=O)C(=C)C.CN. The van der Waals surface area contributed by atoms with E-state index in [9.17, 15) is 18.0 Å². The summed E-state index contributed by atoms with van der Waals surface area (Å²) in [5.74, 6) is -4.07. The number of methoxy groups -OCH3 is 1. The van der Waals surface area contributed by atoms with Gasteiger partial charge in [0, 0.05) is 17.8 Å². The van der Waals surface area contributed by atoms with Gasteiger partial charge in [0.25, 0.3) is 5.91 Å². The van der Waals surface area contributed by atoms with Gasteiger partial charge >= 0.3 is 0 Å². The van der Waals surface area contributed by atoms with Crippen LogP contribution in [0.2, 0.25) is 0 Å². The van der Waals surface area contributed by atoms with Crippen molar-refractivity contribution in [2.24, 2.45) is 15.7 Å². The maximum Gasteiger partial charge on any atom is 0.271 e. The van der Waals surface area contributed by atoms with E-state index < -0.39 is 17.5 Å². The van der Waals surface area contributed by atoms with Crippen LogP contribution >= 0.6 is 0 Å². The van der Waals surface area contributed by atoms with E-state index in [1.54, 1.807) is 13.8 Å². The minimum absolute atomic E-state index is 0.0826. The molecular formula is C20H27F3N4O2. The van der Waals surface area contributed by atoms with Gasteiger partial charge in [-0.3, -0.25) is 4.79 Å². The Bertz CT molecular complexity index is 767. The van der Waals surface area contributed by atoms with Crippen molar-refractivity contribution in [2.75, 3.05) is 14.2 Å². The van der Waals surface area contributed by atoms with Crippen molar-refractivity contribution in [3.05, 3.63) is 72.0 Å². The van der Waals surface area contributed by atoms with Gasteiger partial charge in [0.05, 0.1) is 12.8 Å². The van der Waals surface area contributed by atoms with Gasteiger partial charge in [0.15, 0.2) is 17.5 Å². The summed E-state index contributed by atoms with van der Waals surface area (Å²) in [6.45, 7) is 17.0. The van der Waals surface area contributed by atoms with Crippen molar-refractivity contribution < 1.29 is 22.7 Å². The highest BCUT2D eigenvalue weighted by Gasteiger charge is 2.10. The Balaban J connectivity index is 0. The predicted octanol–water partition coefficient (Wildman–Crippen LogP) is 3.65. The summed E-state index contributed by atoms with van der Waals surface area (Å²) in [5, 5.41) is 2.82. The zero-order valence-electron chi connectivity index (χ0n) is 17.1. The van der Waals surface area contributed by atoms with Crippen molar-refractivity contribution in [2.45, 2.75) is 20.4 Å². The van der Waals surface area contributed by atoms with Gasteiger partial charge in [0.2, 0.25) is 5.88 Å². The Hall–Kier alpha value is -3.20. The Morgan fingerprint density at radius 2 is 1.62 bits per heavy atom. The minimum Gasteiger partial charge on any atom is -0.481 e. The van der Waals surface area contributed by atoms with Gasteiger partial charge in [-0.1, -0.05) is 13.2 Å². The summed E-state index contributed by atoms with van der Waals surface area (Å²) < 4.78 is 43.6. The molecule has 0 saturated heterocycles. The summed E-state index contributed by atoms with van der Waals surface area (Å²) in [6, 6.07) is 1.83. The van der Waals surface area contributed by atoms with E-state index in [-0.39, 0.29) is 23.9 Å². The van der Waals surface area contributed by atoms with E-state index in [2.05, 4.69) is 47.5 Å². The van der Waals surface area contributed by atoms with E-state index in [1.165, 1.54) is 14.2 Å². The first-order valence-corrected chi connectivity index (χ1v) is 8.12. The lowest BCUT2D eigenvalue weighted by atomic mass is 10.2. The number of allylic oxidation sites excluding steroid dienone is 1. The molecule has 0 heterocycles. The molecule has 0 radical (unpaired) electrons. The number of halogens is 3. The third kappa shape index (κ3) is 11.3. The average molecular weight is 412 g/mol. The van der Waals surface area contributed by atoms with Gasteiger partial charge in [0.1, 0.15) is 0 Å². The van der Waals surface area contributed by atoms with Crippen molar-refractivity contribution in [3.8, 4) is 0 Å². The Labute approximate surface area is 169 Å². The average Bonchev–Trinajstić information content (AvgIpc) is 2.70. The van der Waals surface area contributed by atoms with Crippen molar-refractivity contribution in [3.63, 3.8) is 0 Å². The molecule has 0 spiro atoms. The van der Waals surface area contributed by atoms with Crippen LogP contribution in [0.3, 0.4) is 0 Å². The van der Waals surface area contributed by atoms with Gasteiger partial charge in [-0.05, 0) is 51.9 Å². The molecule has 1 amide bonds. The molecule has 1 rings (SSSR count). The molecule has 29 heavy (non-hydrogen) atoms. The maximum atomic E-state index is 13.0. The molecule has 9 heteroatoms. The fraction of sp³-hybridized carbons (Fsp3) is 0.250. The van der Waals surface area contributed by atoms with E-state index >= 15 is 0 Å². The molecule has 0 atom stereocenters. The first kappa shape index (κ1) is 28.0. The van der Waals surface area contributed by atoms with Crippen LogP contribution in [0.4, 0.5) is 13.2 Å². The predicted molar refractivity (Wildman–Crippen MR) is 111 cm³/mol. The summed E-state index contributed by atoms with van der Waals surface area (Å²) in [7, 11) is 2.93. The number of benzene rings is 1. The Kier molecular flexibility index (Phi) is 14.3. The second-order valence-corrected chi connectivity index (χ2v) is 5.24. The highest BCUT2D eigenvalue weighted by atomic mass is 19.2. The van der Waals surface area contributed by atoms with Crippen LogP contribution in [0, 0.1) is 17.5 Å². The number of amides is 1. The van der Waals surface area contributed by atoms with Crippen molar-refractivity contribution in [1.29, 1.82) is 0 Å². The molecule has 0 aliphatic rings. The number of carbonyl (C=O) groups is 1. The highest BCUT2D eigenvalue weighted by Crippen LogP contribution is 2.13. The van der Waals surface area contributed by atoms with Crippen LogP contribution in [-0.2, 0) is 16.1 Å². The highest BCUT2D eigenvalue weighted by molar-refractivity contribution is 5.97. The van der Waals surface area contributed by atoms with Crippen LogP contribution < -0.4 is 11.1 Å². The number of nitrogens with two attached hydrogens (primary N) is 1. The molecular weight excluding hydrogens is 385 g/mol. The summed E-state index contributed by atoms with van der Waals surface area (Å²) in [5.41, 5.74) is 6.13. The van der Waals surface area contributed by atoms with E-state index in [0.717, 1.165) is 12.1 Å². The van der Waals surface area contributed by atoms with E-state index in [0.29, 0.717) is 17.0 Å². The molecule has 0 aliphatic heterocycles. The zero-order valence-corrected chi connectivity index (χ0v) is 17.1. The Morgan fingerprint density at radius 3 is 1.97 bits per heavy atom. The molecule has 1 aromatic carbocycles. The topological polar surface area (TPSA) is 89.1 Å². The van der Waals surface area contributed by atoms with Crippen LogP contribution in [0.15, 0.2) is 59.0 Å². The second-order valence-electron chi connectivity index (χ2n) is 5.24. The quantitative estimate of drug-likeness (QED) is 0.310. The summed E-state index contributed by atoms with van der Waals surface area (Å²) in [4.78, 5) is 17.3. The summed E-state index contributed by atoms with van der Waals surface area (Å²) >= 11 is 0. The lowest BCUT2D eigenvalue weighted by molar-refractivity contribution is -0.114. The third-order valence-corrected chi connectivity index (χ3v) is 3.02. The van der Waals surface area contributed by atoms with E-state index in [4.69, 9.17) is 4.74 Å². The zero-order chi connectivity index (χ0) is 23.1. The largest absolute Gasteiger partial charge is 0.481 e. The molecule has 3 N–H and O–H groups in total. The van der Waals surface area contributed by atoms with Crippen LogP contribution in [0.25, 0.3) is 0 Å². The molecule has 160 valence electrons. The summed E-state index contributed by atoms with van der Waals surface area (Å²) in [6.07, 6.45) is 0. The fourth-order valence-corrected chi connectivity index (χ4v) is 1.48. The number of rotatable bonds is 7. The fourth-order valence-electron chi connectivity index (χ4n) is 1.48. The number of ether oxygens (including phenoxy) is 1. The first-order valence-electron chi connectivity index (χ1n) is 8.12. The molecule has 0 bridgehead atoms. The molecule has 1 aromatic rings. The molecule has 0 aromatic heterocycles. The van der Waals surface area contributed by atoms with E-state index in [1.807, 2.05) is 0 Å². The number of nitrogens with one attached hydrogen (secondary N) is 1. The molecule has 0 saturated carbocycles. The molecule has 0 unspecified atom stereocenters. The van der Waals surface area contributed by atoms with Gasteiger partial charge in [-0.15, -0.1) is 0 Å². The van der Waals surface area contributed by atoms with Crippen LogP contribution in [-0.4, -0.2) is 32.5 Å². The standard InChI is InChI=1S/C14H15F3N2O.C5H7NO.CH5N/c1-8(9(2)19-10(3)20-4)18-7-11-5-12(15)14(17)13(16)6-11;1-4(2)5(7)6-3;1-2/h5-6,18H,1,3,7H2,2,4H3;1,3H2,2H3;2H2,1H3/b19-9-;;. The van der Waals surface area contributed by atoms with Gasteiger partial charge < -0.3 is 15.8 Å². The normalized spacial score (nSPS) is 9.72. The van der Waals surface area contributed by atoms with Crippen molar-refractivity contribution in [1.82, 2.24) is 5.32 Å². The second kappa shape index (κ2) is 14.8. The lowest BCUT2D eigenvalue weighted by Gasteiger charge is -2.10. The number of carbonyl (C=O) groups excluding carboxylic acids is 1. The molecule has 0 aliphatic carbocycles. The van der Waals surface area contributed by atoms with Crippen molar-refractivity contribution >= 4 is 18.3 Å². The first-order chi connectivity index (χ1) is 13.5. The monoisotopic (exact) mass is 412 g/mol. The lowest BCUT2D eigenvalue weighted by Crippen LogP contribution is -2.18. The number of hydrogen-bond donors (Lipinski definition) is 2. The molecule has 6 nitrogen and oxygen atoms in total.